The van der Waals surface area contributed by atoms with E-state index >= 15 is 0 Å². The van der Waals surface area contributed by atoms with Crippen molar-refractivity contribution in [1.82, 2.24) is 0 Å². The van der Waals surface area contributed by atoms with E-state index in [0.717, 1.165) is 8.13 Å². The van der Waals surface area contributed by atoms with E-state index in [-0.39, 0.29) is 46.5 Å². The van der Waals surface area contributed by atoms with Crippen molar-refractivity contribution < 1.29 is 46.5 Å². The monoisotopic (exact) mass is 406 g/mol. The van der Waals surface area contributed by atoms with Crippen molar-refractivity contribution in [2.24, 2.45) is 5.92 Å². The maximum Gasteiger partial charge on any atom is 2.00 e. The van der Waals surface area contributed by atoms with Crippen LogP contribution in [-0.2, 0) is 21.7 Å². The first kappa shape index (κ1) is 24.9. The molecule has 1 aliphatic rings. The molecule has 0 aliphatic heterocycles. The van der Waals surface area contributed by atoms with Gasteiger partial charge in [0.25, 0.3) is 0 Å². The Hall–Kier alpha value is 0.641. The third kappa shape index (κ3) is 5.07. The Morgan fingerprint density at radius 3 is 1.82 bits per heavy atom. The van der Waals surface area contributed by atoms with Crippen molar-refractivity contribution in [2.45, 2.75) is 40.8 Å². The van der Waals surface area contributed by atoms with Crippen molar-refractivity contribution in [3.8, 4) is 0 Å². The van der Waals surface area contributed by atoms with Gasteiger partial charge < -0.3 is 24.8 Å². The van der Waals surface area contributed by atoms with Gasteiger partial charge in [0.05, 0.1) is 0 Å². The van der Waals surface area contributed by atoms with Crippen LogP contribution in [0, 0.1) is 5.92 Å². The van der Waals surface area contributed by atoms with E-state index in [9.17, 15) is 0 Å². The van der Waals surface area contributed by atoms with E-state index in [1.165, 1.54) is 5.30 Å². The van der Waals surface area contributed by atoms with E-state index in [1.807, 2.05) is 0 Å². The molecule has 0 saturated heterocycles. The molecule has 1 aliphatic carbocycles. The molecule has 120 valence electrons. The number of hydrogen-bond acceptors (Lipinski definition) is 0. The Balaban J connectivity index is 0. The summed E-state index contributed by atoms with van der Waals surface area (Å²) in [4.78, 5) is 0. The summed E-state index contributed by atoms with van der Waals surface area (Å²) >= 11 is 0. The number of halogens is 2. The van der Waals surface area contributed by atoms with Gasteiger partial charge in [0.1, 0.15) is 7.74 Å². The summed E-state index contributed by atoms with van der Waals surface area (Å²) in [7, 11) is -0.384. The normalized spacial score (nSPS) is 18.2. The third-order valence-electron chi connectivity index (χ3n) is 4.54. The van der Waals surface area contributed by atoms with E-state index in [4.69, 9.17) is 0 Å². The van der Waals surface area contributed by atoms with Crippen LogP contribution in [0.15, 0.2) is 52.2 Å². The Labute approximate surface area is 166 Å². The summed E-state index contributed by atoms with van der Waals surface area (Å²) in [6, 6.07) is 11.0. The molecule has 0 amide bonds. The van der Waals surface area contributed by atoms with Crippen LogP contribution in [-0.4, -0.2) is 7.74 Å². The van der Waals surface area contributed by atoms with Crippen molar-refractivity contribution in [1.29, 1.82) is 0 Å². The first-order chi connectivity index (χ1) is 8.84. The summed E-state index contributed by atoms with van der Waals surface area (Å²) < 4.78 is 0. The first-order valence-electron chi connectivity index (χ1n) is 7.07. The van der Waals surface area contributed by atoms with Crippen molar-refractivity contribution in [3.05, 3.63) is 52.2 Å². The fraction of sp³-hybridized carbons (Fsp3) is 0.412. The van der Waals surface area contributed by atoms with E-state index in [0.29, 0.717) is 5.92 Å². The Morgan fingerprint density at radius 1 is 0.909 bits per heavy atom. The maximum absolute atomic E-state index is 2.54. The summed E-state index contributed by atoms with van der Waals surface area (Å²) in [6.07, 6.45) is 0. The van der Waals surface area contributed by atoms with Gasteiger partial charge in [0.2, 0.25) is 0 Å². The largest absolute Gasteiger partial charge is 2.00 e. The molecule has 0 fully saturated rings. The SMILES string of the molecule is CC1=C(C)C(C)C([Si](C)(C)Pc2ccccc2)=C1C.[Cl-].[Cl-].[Ti+2]. The van der Waals surface area contributed by atoms with Gasteiger partial charge in [-0.05, 0) is 37.6 Å². The number of allylic oxidation sites excluding steroid dienone is 4. The molecule has 0 bridgehead atoms. The van der Waals surface area contributed by atoms with E-state index < -0.39 is 7.74 Å². The molecule has 0 aromatic heterocycles. The third-order valence-corrected chi connectivity index (χ3v) is 11.5. The van der Waals surface area contributed by atoms with Gasteiger partial charge in [-0.3, -0.25) is 0 Å². The minimum absolute atomic E-state index is 0. The van der Waals surface area contributed by atoms with Gasteiger partial charge in [0.15, 0.2) is 0 Å². The summed E-state index contributed by atoms with van der Waals surface area (Å²) in [5, 5.41) is 3.30. The molecule has 2 unspecified atom stereocenters. The quantitative estimate of drug-likeness (QED) is 0.448. The van der Waals surface area contributed by atoms with Crippen LogP contribution in [0.1, 0.15) is 27.7 Å². The minimum atomic E-state index is -1.36. The Bertz CT molecular complexity index is 553. The van der Waals surface area contributed by atoms with Crippen LogP contribution in [0.25, 0.3) is 0 Å². The fourth-order valence-corrected chi connectivity index (χ4v) is 11.2. The number of rotatable bonds is 3. The summed E-state index contributed by atoms with van der Waals surface area (Å²) in [6.45, 7) is 14.4. The zero-order valence-electron chi connectivity index (χ0n) is 14.2. The molecule has 2 atom stereocenters. The molecule has 0 nitrogen and oxygen atoms in total. The van der Waals surface area contributed by atoms with Crippen LogP contribution in [0.2, 0.25) is 13.1 Å². The molecule has 5 heteroatoms. The zero-order chi connectivity index (χ0) is 14.2. The van der Waals surface area contributed by atoms with Gasteiger partial charge in [-0.25, -0.2) is 0 Å². The summed E-state index contributed by atoms with van der Waals surface area (Å²) in [5.74, 6) is 0.665. The molecule has 22 heavy (non-hydrogen) atoms. The van der Waals surface area contributed by atoms with Crippen molar-refractivity contribution in [3.63, 3.8) is 0 Å². The predicted octanol–water partition coefficient (Wildman–Crippen LogP) is -0.957. The minimum Gasteiger partial charge on any atom is -1.00 e. The van der Waals surface area contributed by atoms with Crippen LogP contribution in [0.4, 0.5) is 0 Å². The second-order valence-corrected chi connectivity index (χ2v) is 15.3. The molecular formula is C17H25Cl2PSiTi. The van der Waals surface area contributed by atoms with Crippen LogP contribution in [0.5, 0.6) is 0 Å². The van der Waals surface area contributed by atoms with Crippen LogP contribution >= 0.6 is 8.13 Å². The zero-order valence-corrected chi connectivity index (χ0v) is 19.3. The molecule has 0 radical (unpaired) electrons. The number of hydrogen-bond donors (Lipinski definition) is 0. The van der Waals surface area contributed by atoms with Gasteiger partial charge in [-0.15, -0.1) is 0 Å². The molecule has 1 aromatic carbocycles. The first-order valence-corrected chi connectivity index (χ1v) is 12.1. The van der Waals surface area contributed by atoms with E-state index in [1.54, 1.807) is 21.9 Å². The molecule has 0 saturated carbocycles. The smallest absolute Gasteiger partial charge is 1.00 e. The topological polar surface area (TPSA) is 0 Å². The number of benzene rings is 1. The Morgan fingerprint density at radius 2 is 1.41 bits per heavy atom. The van der Waals surface area contributed by atoms with E-state index in [2.05, 4.69) is 71.1 Å². The van der Waals surface area contributed by atoms with Gasteiger partial charge >= 0.3 is 21.7 Å². The standard InChI is InChI=1S/C17H25PSi.2ClH.Ti/c1-12-13(2)15(4)17(14(12)3)19(5,6)18-16-10-8-7-9-11-16;;;/h7-11,14,18H,1-6H3;2*1H;/q;;;+2/p-2. The average Bonchev–Trinajstić information content (AvgIpc) is 2.55. The summed E-state index contributed by atoms with van der Waals surface area (Å²) in [5.41, 5.74) is 4.72. The fourth-order valence-electron chi connectivity index (χ4n) is 3.32. The van der Waals surface area contributed by atoms with Gasteiger partial charge in [0, 0.05) is 0 Å². The van der Waals surface area contributed by atoms with Crippen molar-refractivity contribution in [2.75, 3.05) is 0 Å². The average molecular weight is 407 g/mol. The predicted molar refractivity (Wildman–Crippen MR) is 92.1 cm³/mol. The second kappa shape index (κ2) is 9.82. The van der Waals surface area contributed by atoms with Crippen LogP contribution < -0.4 is 30.1 Å². The van der Waals surface area contributed by atoms with Crippen molar-refractivity contribution >= 4 is 21.2 Å². The molecule has 0 N–H and O–H groups in total. The molecule has 1 aromatic rings. The Kier molecular flexibility index (Phi) is 11.1. The van der Waals surface area contributed by atoms with Gasteiger partial charge in [-0.2, -0.15) is 0 Å². The van der Waals surface area contributed by atoms with Crippen LogP contribution in [0.3, 0.4) is 0 Å². The molecular weight excluding hydrogens is 382 g/mol. The molecule has 0 heterocycles. The van der Waals surface area contributed by atoms with Gasteiger partial charge in [-0.1, -0.05) is 74.8 Å². The second-order valence-electron chi connectivity index (χ2n) is 6.18. The molecule has 0 spiro atoms. The maximum atomic E-state index is 2.54. The molecule has 2 rings (SSSR count).